The highest BCUT2D eigenvalue weighted by atomic mass is 16.1. The maximum atomic E-state index is 10.9. The van der Waals surface area contributed by atoms with Gasteiger partial charge in [-0.1, -0.05) is 0 Å². The average molecular weight is 192 g/mol. The molecule has 0 aromatic carbocycles. The first-order valence-corrected chi connectivity index (χ1v) is 5.74. The Morgan fingerprint density at radius 3 is 2.29 bits per heavy atom. The molecule has 0 N–H and O–H groups in total. The normalized spacial score (nSPS) is 54.6. The number of hydrogen-bond donors (Lipinski definition) is 0. The van der Waals surface area contributed by atoms with Gasteiger partial charge in [0.1, 0.15) is 12.6 Å². The van der Waals surface area contributed by atoms with Crippen molar-refractivity contribution < 1.29 is 9.59 Å². The van der Waals surface area contributed by atoms with E-state index in [1.807, 2.05) is 0 Å². The molecule has 0 heterocycles. The number of carbonyl (C=O) groups excluding carboxylic acids is 2. The Balaban J connectivity index is 1.81. The third-order valence-electron chi connectivity index (χ3n) is 4.92. The molecule has 0 aromatic heterocycles. The van der Waals surface area contributed by atoms with Crippen molar-refractivity contribution in [1.82, 2.24) is 0 Å². The molecule has 0 amide bonds. The molecule has 3 saturated carbocycles. The van der Waals surface area contributed by atoms with Gasteiger partial charge in [0.15, 0.2) is 0 Å². The van der Waals surface area contributed by atoms with Crippen LogP contribution in [-0.4, -0.2) is 12.6 Å². The summed E-state index contributed by atoms with van der Waals surface area (Å²) in [6.07, 6.45) is 6.86. The Morgan fingerprint density at radius 2 is 1.57 bits per heavy atom. The van der Waals surface area contributed by atoms with Gasteiger partial charge in [-0.3, -0.25) is 0 Å². The molecular formula is C12H16O2. The van der Waals surface area contributed by atoms with Crippen LogP contribution in [0.1, 0.15) is 25.7 Å². The van der Waals surface area contributed by atoms with E-state index in [1.54, 1.807) is 0 Å². The summed E-state index contributed by atoms with van der Waals surface area (Å²) in [6.45, 7) is 0. The molecule has 0 aliphatic heterocycles. The fraction of sp³-hybridized carbons (Fsp3) is 0.833. The van der Waals surface area contributed by atoms with Crippen LogP contribution in [-0.2, 0) is 9.59 Å². The van der Waals surface area contributed by atoms with Crippen LogP contribution in [0, 0.1) is 35.5 Å². The predicted molar refractivity (Wildman–Crippen MR) is 51.5 cm³/mol. The van der Waals surface area contributed by atoms with E-state index in [1.165, 1.54) is 6.42 Å². The summed E-state index contributed by atoms with van der Waals surface area (Å²) in [5, 5.41) is 0. The van der Waals surface area contributed by atoms with E-state index in [2.05, 4.69) is 0 Å². The summed E-state index contributed by atoms with van der Waals surface area (Å²) < 4.78 is 0. The zero-order valence-corrected chi connectivity index (χ0v) is 8.26. The van der Waals surface area contributed by atoms with Crippen LogP contribution in [0.5, 0.6) is 0 Å². The molecule has 3 fully saturated rings. The Morgan fingerprint density at radius 1 is 0.786 bits per heavy atom. The predicted octanol–water partition coefficient (Wildman–Crippen LogP) is 1.68. The molecule has 3 aliphatic rings. The highest BCUT2D eigenvalue weighted by Crippen LogP contribution is 2.61. The van der Waals surface area contributed by atoms with Crippen molar-refractivity contribution in [2.45, 2.75) is 25.7 Å². The van der Waals surface area contributed by atoms with Crippen molar-refractivity contribution in [2.24, 2.45) is 35.5 Å². The average Bonchev–Trinajstić information content (AvgIpc) is 2.87. The third kappa shape index (κ3) is 0.971. The van der Waals surface area contributed by atoms with Crippen molar-refractivity contribution in [3.8, 4) is 0 Å². The van der Waals surface area contributed by atoms with Gasteiger partial charge in [-0.05, 0) is 49.4 Å². The van der Waals surface area contributed by atoms with Crippen molar-refractivity contribution in [3.05, 3.63) is 0 Å². The van der Waals surface area contributed by atoms with E-state index in [9.17, 15) is 9.59 Å². The van der Waals surface area contributed by atoms with Gasteiger partial charge in [0, 0.05) is 11.8 Å². The third-order valence-corrected chi connectivity index (χ3v) is 4.92. The van der Waals surface area contributed by atoms with Crippen LogP contribution in [0.3, 0.4) is 0 Å². The second-order valence-electron chi connectivity index (χ2n) is 5.39. The van der Waals surface area contributed by atoms with Crippen LogP contribution >= 0.6 is 0 Å². The molecule has 0 spiro atoms. The maximum Gasteiger partial charge on any atom is 0.123 e. The van der Waals surface area contributed by atoms with Gasteiger partial charge in [-0.2, -0.15) is 0 Å². The molecule has 3 rings (SSSR count). The second-order valence-corrected chi connectivity index (χ2v) is 5.39. The van der Waals surface area contributed by atoms with E-state index in [0.29, 0.717) is 23.7 Å². The molecule has 76 valence electrons. The van der Waals surface area contributed by atoms with E-state index in [4.69, 9.17) is 0 Å². The summed E-state index contributed by atoms with van der Waals surface area (Å²) in [5.41, 5.74) is 0. The van der Waals surface area contributed by atoms with Gasteiger partial charge in [0.2, 0.25) is 0 Å². The Kier molecular flexibility index (Phi) is 1.80. The Hall–Kier alpha value is -0.660. The Bertz CT molecular complexity index is 273. The second kappa shape index (κ2) is 2.91. The van der Waals surface area contributed by atoms with Crippen LogP contribution in [0.2, 0.25) is 0 Å². The van der Waals surface area contributed by atoms with Gasteiger partial charge in [-0.15, -0.1) is 0 Å². The quantitative estimate of drug-likeness (QED) is 0.624. The highest BCUT2D eigenvalue weighted by Gasteiger charge is 2.55. The lowest BCUT2D eigenvalue weighted by Crippen LogP contribution is -2.24. The first-order chi connectivity index (χ1) is 6.83. The number of rotatable bonds is 2. The highest BCUT2D eigenvalue weighted by molar-refractivity contribution is 5.57. The molecule has 0 radical (unpaired) electrons. The number of fused-ring (bicyclic) bond motifs is 5. The zero-order chi connectivity index (χ0) is 9.71. The zero-order valence-electron chi connectivity index (χ0n) is 8.26. The summed E-state index contributed by atoms with van der Waals surface area (Å²) in [5.74, 6) is 3.52. The van der Waals surface area contributed by atoms with Gasteiger partial charge < -0.3 is 9.59 Å². The van der Waals surface area contributed by atoms with E-state index in [0.717, 1.165) is 43.7 Å². The lowest BCUT2D eigenvalue weighted by atomic mass is 9.76. The molecule has 14 heavy (non-hydrogen) atoms. The molecule has 0 saturated heterocycles. The first-order valence-electron chi connectivity index (χ1n) is 5.74. The summed E-state index contributed by atoms with van der Waals surface area (Å²) in [7, 11) is 0. The van der Waals surface area contributed by atoms with E-state index >= 15 is 0 Å². The number of carbonyl (C=O) groups is 2. The molecule has 2 nitrogen and oxygen atoms in total. The van der Waals surface area contributed by atoms with Crippen LogP contribution in [0.15, 0.2) is 0 Å². The van der Waals surface area contributed by atoms with Crippen LogP contribution in [0.25, 0.3) is 0 Å². The maximum absolute atomic E-state index is 10.9. The van der Waals surface area contributed by atoms with Crippen LogP contribution in [0.4, 0.5) is 0 Å². The van der Waals surface area contributed by atoms with Crippen molar-refractivity contribution >= 4 is 12.6 Å². The minimum atomic E-state index is 0.306. The monoisotopic (exact) mass is 192 g/mol. The Labute approximate surface area is 84.1 Å². The van der Waals surface area contributed by atoms with Crippen molar-refractivity contribution in [2.75, 3.05) is 0 Å². The molecule has 6 unspecified atom stereocenters. The van der Waals surface area contributed by atoms with Crippen molar-refractivity contribution in [1.29, 1.82) is 0 Å². The van der Waals surface area contributed by atoms with Gasteiger partial charge in [0.05, 0.1) is 0 Å². The first kappa shape index (κ1) is 8.63. The van der Waals surface area contributed by atoms with Crippen molar-refractivity contribution in [3.63, 3.8) is 0 Å². The smallest absolute Gasteiger partial charge is 0.123 e. The molecule has 2 heteroatoms. The molecule has 2 bridgehead atoms. The lowest BCUT2D eigenvalue weighted by Gasteiger charge is -2.28. The van der Waals surface area contributed by atoms with E-state index in [-0.39, 0.29) is 0 Å². The van der Waals surface area contributed by atoms with Gasteiger partial charge in [0.25, 0.3) is 0 Å². The standard InChI is InChI=1S/C12H16O2/c13-5-7-1-10-8-3-9(6-14)11(4-8)12(10)2-7/h5-12H,1-4H2. The summed E-state index contributed by atoms with van der Waals surface area (Å²) in [6, 6.07) is 0. The van der Waals surface area contributed by atoms with E-state index < -0.39 is 0 Å². The molecule has 6 atom stereocenters. The minimum Gasteiger partial charge on any atom is -0.303 e. The fourth-order valence-electron chi connectivity index (χ4n) is 4.43. The van der Waals surface area contributed by atoms with Gasteiger partial charge >= 0.3 is 0 Å². The largest absolute Gasteiger partial charge is 0.303 e. The summed E-state index contributed by atoms with van der Waals surface area (Å²) >= 11 is 0. The SMILES string of the molecule is O=CC1CC2C3CC(C=O)C(C3)C2C1. The molecule has 0 aromatic rings. The molecule has 3 aliphatic carbocycles. The number of hydrogen-bond acceptors (Lipinski definition) is 2. The van der Waals surface area contributed by atoms with Gasteiger partial charge in [-0.25, -0.2) is 0 Å². The lowest BCUT2D eigenvalue weighted by molar-refractivity contribution is -0.113. The minimum absolute atomic E-state index is 0.306. The fourth-order valence-corrected chi connectivity index (χ4v) is 4.43. The number of aldehydes is 2. The molecular weight excluding hydrogens is 176 g/mol. The summed E-state index contributed by atoms with van der Waals surface area (Å²) in [4.78, 5) is 21.6. The van der Waals surface area contributed by atoms with Crippen LogP contribution < -0.4 is 0 Å². The topological polar surface area (TPSA) is 34.1 Å².